The Labute approximate surface area is 506 Å². The molecule has 0 aliphatic carbocycles. The monoisotopic (exact) mass is 1330 g/mol. The number of hydrogen-bond donors (Lipinski definition) is 0. The maximum absolute atomic E-state index is 4.93. The fourth-order valence-corrected chi connectivity index (χ4v) is 30.0. The first-order valence-corrected chi connectivity index (χ1v) is 47.2. The van der Waals surface area contributed by atoms with Crippen LogP contribution in [0.1, 0.15) is 209 Å². The third kappa shape index (κ3) is 26.6. The van der Waals surface area contributed by atoms with Crippen LogP contribution in [0.25, 0.3) is 0 Å². The standard InChI is InChI=1S/2C22H36P2.4C4H8O.6ClH.2Cr/c2*1-5-17-13-14-18(6-2)23(17)21-11-9-10-12-22(21)24-19(7-3)15-16-20(24)8-4;4*1-2-4-5-3-1;;;;;;;;/h2*9-12,17-20H,5-8,13-16H2,1-4H3;4*1-4H2;6*1H;;/q;;;;;;;;;;;;2*+3/t2*17-,18-,19-,20-;;;;;;;;;;;;/m11............/s1. The molecule has 0 amide bonds. The molecular weight excluding hydrogens is 1230 g/mol. The fraction of sp³-hybridized carbons (Fsp3) is 0.800. The van der Waals surface area contributed by atoms with Crippen LogP contribution in [-0.4, -0.2) is 117 Å². The van der Waals surface area contributed by atoms with Gasteiger partial charge in [0.25, 0.3) is 0 Å². The van der Waals surface area contributed by atoms with Gasteiger partial charge in [-0.2, -0.15) is 0 Å². The molecule has 0 radical (unpaired) electrons. The van der Waals surface area contributed by atoms with Crippen molar-refractivity contribution in [2.45, 2.75) is 255 Å². The number of aliphatic hydroxyl groups is 8. The van der Waals surface area contributed by atoms with Gasteiger partial charge >= 0.3 is 83.1 Å². The maximum atomic E-state index is 4.93. The fourth-order valence-electron chi connectivity index (χ4n) is 13.1. The Morgan fingerprint density at radius 2 is 0.566 bits per heavy atom. The van der Waals surface area contributed by atoms with E-state index in [2.05, 4.69) is 123 Å². The van der Waals surface area contributed by atoms with Gasteiger partial charge in [-0.15, -0.1) is 0 Å². The summed E-state index contributed by atoms with van der Waals surface area (Å²) in [5, 5.41) is 7.47. The van der Waals surface area contributed by atoms with Gasteiger partial charge in [-0.3, -0.25) is 0 Å². The van der Waals surface area contributed by atoms with Gasteiger partial charge in [-0.05, 0) is 148 Å². The summed E-state index contributed by atoms with van der Waals surface area (Å²) in [5.41, 5.74) is 8.09. The van der Waals surface area contributed by atoms with Crippen LogP contribution in [0.2, 0.25) is 0 Å². The molecule has 8 fully saturated rings. The van der Waals surface area contributed by atoms with Crippen molar-refractivity contribution < 1.29 is 41.7 Å². The van der Waals surface area contributed by atoms with Gasteiger partial charge in [0.05, 0.1) is 22.6 Å². The average molecular weight is 1340 g/mol. The van der Waals surface area contributed by atoms with Crippen LogP contribution in [0, 0.1) is 0 Å². The summed E-state index contributed by atoms with van der Waals surface area (Å²) < 4.78 is 16.3. The van der Waals surface area contributed by atoms with Crippen molar-refractivity contribution in [2.75, 3.05) is 52.9 Å². The summed E-state index contributed by atoms with van der Waals surface area (Å²) in [7, 11) is 29.0. The summed E-state index contributed by atoms with van der Waals surface area (Å²) in [5.74, 6) is 0. The normalized spacial score (nSPS) is 27.4. The Hall–Kier alpha value is 2.80. The van der Waals surface area contributed by atoms with Crippen LogP contribution >= 0.6 is 92.0 Å². The predicted molar refractivity (Wildman–Crippen MR) is 351 cm³/mol. The summed E-state index contributed by atoms with van der Waals surface area (Å²) in [4.78, 5) is 0. The molecule has 0 unspecified atom stereocenters. The molecule has 8 aliphatic heterocycles. The second-order valence-electron chi connectivity index (χ2n) is 21.6. The van der Waals surface area contributed by atoms with Crippen molar-refractivity contribution >= 4 is 113 Å². The molecule has 0 spiro atoms. The summed E-state index contributed by atoms with van der Waals surface area (Å²) in [6, 6.07) is 19.7. The third-order valence-corrected chi connectivity index (χ3v) is 33.5. The van der Waals surface area contributed by atoms with E-state index in [-0.39, 0.29) is 31.7 Å². The van der Waals surface area contributed by atoms with E-state index < -0.39 is 22.8 Å². The van der Waals surface area contributed by atoms with Gasteiger partial charge < -0.3 is 18.9 Å². The molecule has 8 heterocycles. The molecule has 0 saturated carbocycles. The van der Waals surface area contributed by atoms with E-state index >= 15 is 0 Å². The molecule has 4 nitrogen and oxygen atoms in total. The van der Waals surface area contributed by atoms with E-state index in [0.29, 0.717) is 0 Å². The van der Waals surface area contributed by atoms with E-state index in [1.54, 1.807) is 0 Å². The first-order chi connectivity index (χ1) is 37.0. The zero-order valence-electron chi connectivity index (χ0n) is 48.6. The van der Waals surface area contributed by atoms with Crippen molar-refractivity contribution in [2.24, 2.45) is 0 Å². The summed E-state index contributed by atoms with van der Waals surface area (Å²) in [6.07, 6.45) is 33.9. The van der Waals surface area contributed by atoms with Crippen LogP contribution < -0.4 is 21.2 Å². The predicted octanol–water partition coefficient (Wildman–Crippen LogP) is 18.0. The van der Waals surface area contributed by atoms with E-state index in [1.165, 1.54) is 154 Å². The van der Waals surface area contributed by atoms with Crippen LogP contribution in [0.5, 0.6) is 0 Å². The van der Waals surface area contributed by atoms with Crippen LogP contribution in [0.3, 0.4) is 0 Å². The molecular formula is C60H110Cl6Cr2O4P4+6. The number of hydrogen-bond acceptors (Lipinski definition) is 0. The van der Waals surface area contributed by atoms with Gasteiger partial charge in [0.2, 0.25) is 0 Å². The quantitative estimate of drug-likeness (QED) is 0.150. The number of benzene rings is 2. The first kappa shape index (κ1) is 73.1. The molecule has 8 saturated heterocycles. The van der Waals surface area contributed by atoms with Crippen molar-refractivity contribution in [3.63, 3.8) is 0 Å². The van der Waals surface area contributed by atoms with Gasteiger partial charge in [-0.25, -0.2) is 0 Å². The average Bonchev–Trinajstić information content (AvgIpc) is 4.29. The number of ether oxygens (including phenoxy) is 4. The van der Waals surface area contributed by atoms with Gasteiger partial charge in [-0.1, -0.05) is 108 Å². The van der Waals surface area contributed by atoms with Crippen molar-refractivity contribution in [3.8, 4) is 0 Å². The summed E-state index contributed by atoms with van der Waals surface area (Å²) >= 11 is -3.25. The SMILES string of the molecule is C1CC[OH+]C1.C1CC[OH+]C1.C1CC[OH+]C1.C1CC[OH+]C1.CC[C@@H]1CC[C@@H](CC)P1c1ccccc1P1[C@H](CC)CC[C@H]1CC.CC[C@@H]1CC[C@@H](CC)[PH+]1c1ccccc1[PH+]1[C@H](CC)CC[C@H]1CC.[Cl][Cr]([Cl])[Cl].[Cl][Cr]([Cl])[Cl]. The van der Waals surface area contributed by atoms with Crippen LogP contribution in [0.4, 0.5) is 0 Å². The van der Waals surface area contributed by atoms with E-state index in [1.807, 2.05) is 21.2 Å². The van der Waals surface area contributed by atoms with Gasteiger partial charge in [0.1, 0.15) is 63.5 Å². The van der Waals surface area contributed by atoms with E-state index in [9.17, 15) is 0 Å². The molecule has 8 atom stereocenters. The number of halogens is 6. The molecule has 4 N–H and O–H groups in total. The van der Waals surface area contributed by atoms with Crippen LogP contribution in [-0.2, 0) is 22.8 Å². The zero-order chi connectivity index (χ0) is 55.5. The molecule has 442 valence electrons. The zero-order valence-corrected chi connectivity index (χ0v) is 59.5. The van der Waals surface area contributed by atoms with Gasteiger partial charge in [0, 0.05) is 67.2 Å². The number of rotatable bonds is 12. The first-order valence-electron chi connectivity index (χ1n) is 30.4. The Kier molecular flexibility index (Phi) is 43.4. The van der Waals surface area contributed by atoms with Crippen molar-refractivity contribution in [1.82, 2.24) is 0 Å². The second-order valence-corrected chi connectivity index (χ2v) is 45.9. The molecule has 0 bridgehead atoms. The van der Waals surface area contributed by atoms with E-state index in [4.69, 9.17) is 60.3 Å². The van der Waals surface area contributed by atoms with Crippen molar-refractivity contribution in [1.29, 1.82) is 0 Å². The van der Waals surface area contributed by atoms with Crippen LogP contribution in [0.15, 0.2) is 48.5 Å². The minimum atomic E-state index is -1.62. The molecule has 10 rings (SSSR count). The third-order valence-electron chi connectivity index (χ3n) is 17.1. The molecule has 2 aromatic carbocycles. The molecule has 8 aliphatic rings. The topological polar surface area (TPSA) is 51.2 Å². The minimum absolute atomic E-state index is 0.0639. The Bertz CT molecular complexity index is 1400. The summed E-state index contributed by atoms with van der Waals surface area (Å²) in [6.45, 7) is 28.5. The second kappa shape index (κ2) is 45.2. The Morgan fingerprint density at radius 3 is 0.737 bits per heavy atom. The van der Waals surface area contributed by atoms with Crippen molar-refractivity contribution in [3.05, 3.63) is 48.5 Å². The molecule has 16 heteroatoms. The molecule has 0 aromatic heterocycles. The Balaban J connectivity index is 0.000000266. The van der Waals surface area contributed by atoms with Gasteiger partial charge in [0.15, 0.2) is 0 Å². The molecule has 76 heavy (non-hydrogen) atoms. The van der Waals surface area contributed by atoms with E-state index in [0.717, 1.165) is 98.1 Å². The Morgan fingerprint density at radius 1 is 0.355 bits per heavy atom. The molecule has 2 aromatic rings.